The highest BCUT2D eigenvalue weighted by atomic mass is 35.5. The summed E-state index contributed by atoms with van der Waals surface area (Å²) in [6, 6.07) is 10.5. The van der Waals surface area contributed by atoms with Gasteiger partial charge >= 0.3 is 0 Å². The molecule has 2 aromatic rings. The molecule has 0 radical (unpaired) electrons. The highest BCUT2D eigenvalue weighted by Crippen LogP contribution is 2.19. The van der Waals surface area contributed by atoms with Crippen LogP contribution in [-0.2, 0) is 6.54 Å². The molecule has 21 heavy (non-hydrogen) atoms. The molecule has 0 unspecified atom stereocenters. The molecule has 4 nitrogen and oxygen atoms in total. The Morgan fingerprint density at radius 3 is 2.86 bits per heavy atom. The van der Waals surface area contributed by atoms with Gasteiger partial charge in [0.2, 0.25) is 0 Å². The zero-order chi connectivity index (χ0) is 14.5. The molecule has 0 saturated carbocycles. The van der Waals surface area contributed by atoms with Crippen molar-refractivity contribution in [1.82, 2.24) is 14.7 Å². The first kappa shape index (κ1) is 14.4. The normalized spacial score (nSPS) is 19.0. The monoisotopic (exact) mass is 305 g/mol. The SMILES string of the molecule is Clc1cnn(CCN2CCC[C@H]2COc2ccccc2)c1. The summed E-state index contributed by atoms with van der Waals surface area (Å²) in [6.45, 7) is 3.75. The molecule has 0 N–H and O–H groups in total. The van der Waals surface area contributed by atoms with Gasteiger partial charge in [-0.3, -0.25) is 9.58 Å². The molecule has 1 fully saturated rings. The van der Waals surface area contributed by atoms with Gasteiger partial charge in [-0.1, -0.05) is 29.8 Å². The lowest BCUT2D eigenvalue weighted by atomic mass is 10.2. The summed E-state index contributed by atoms with van der Waals surface area (Å²) in [7, 11) is 0. The van der Waals surface area contributed by atoms with Crippen LogP contribution in [0.3, 0.4) is 0 Å². The molecule has 1 saturated heterocycles. The maximum absolute atomic E-state index is 5.89. The Balaban J connectivity index is 1.48. The first-order valence-corrected chi connectivity index (χ1v) is 7.79. The minimum atomic E-state index is 0.497. The number of hydrogen-bond donors (Lipinski definition) is 0. The van der Waals surface area contributed by atoms with Crippen molar-refractivity contribution in [2.75, 3.05) is 19.7 Å². The van der Waals surface area contributed by atoms with E-state index in [9.17, 15) is 0 Å². The van der Waals surface area contributed by atoms with Crippen LogP contribution in [0.5, 0.6) is 5.75 Å². The number of rotatable bonds is 6. The van der Waals surface area contributed by atoms with Crippen LogP contribution in [0.25, 0.3) is 0 Å². The number of hydrogen-bond acceptors (Lipinski definition) is 3. The molecule has 0 aliphatic carbocycles. The topological polar surface area (TPSA) is 30.3 Å². The van der Waals surface area contributed by atoms with E-state index in [2.05, 4.69) is 10.00 Å². The predicted molar refractivity (Wildman–Crippen MR) is 83.8 cm³/mol. The lowest BCUT2D eigenvalue weighted by Crippen LogP contribution is -2.36. The highest BCUT2D eigenvalue weighted by molar-refractivity contribution is 6.30. The zero-order valence-corrected chi connectivity index (χ0v) is 12.7. The molecule has 112 valence electrons. The molecule has 0 amide bonds. The van der Waals surface area contributed by atoms with Crippen LogP contribution in [0.2, 0.25) is 5.02 Å². The number of para-hydroxylation sites is 1. The van der Waals surface area contributed by atoms with Gasteiger partial charge in [-0.05, 0) is 31.5 Å². The number of ether oxygens (including phenoxy) is 1. The molecule has 0 spiro atoms. The summed E-state index contributed by atoms with van der Waals surface area (Å²) < 4.78 is 7.79. The average Bonchev–Trinajstić information content (AvgIpc) is 3.12. The minimum Gasteiger partial charge on any atom is -0.492 e. The van der Waals surface area contributed by atoms with Gasteiger partial charge in [0.25, 0.3) is 0 Å². The summed E-state index contributed by atoms with van der Waals surface area (Å²) in [5, 5.41) is 4.92. The summed E-state index contributed by atoms with van der Waals surface area (Å²) in [4.78, 5) is 2.48. The van der Waals surface area contributed by atoms with E-state index < -0.39 is 0 Å². The molecule has 5 heteroatoms. The zero-order valence-electron chi connectivity index (χ0n) is 12.0. The smallest absolute Gasteiger partial charge is 0.119 e. The Hall–Kier alpha value is -1.52. The first-order chi connectivity index (χ1) is 10.3. The molecule has 0 bridgehead atoms. The van der Waals surface area contributed by atoms with Crippen molar-refractivity contribution < 1.29 is 4.74 Å². The van der Waals surface area contributed by atoms with Crippen LogP contribution < -0.4 is 4.74 Å². The van der Waals surface area contributed by atoms with Gasteiger partial charge < -0.3 is 4.74 Å². The number of aromatic nitrogens is 2. The fraction of sp³-hybridized carbons (Fsp3) is 0.438. The van der Waals surface area contributed by atoms with Crippen molar-refractivity contribution in [2.45, 2.75) is 25.4 Å². The first-order valence-electron chi connectivity index (χ1n) is 7.41. The second kappa shape index (κ2) is 6.96. The van der Waals surface area contributed by atoms with Crippen molar-refractivity contribution in [1.29, 1.82) is 0 Å². The Morgan fingerprint density at radius 2 is 2.10 bits per heavy atom. The Morgan fingerprint density at radius 1 is 1.24 bits per heavy atom. The lowest BCUT2D eigenvalue weighted by Gasteiger charge is -2.24. The molecule has 1 aromatic heterocycles. The predicted octanol–water partition coefficient (Wildman–Crippen LogP) is 3.08. The standard InChI is InChI=1S/C16H20ClN3O/c17-14-11-18-20(12-14)10-9-19-8-4-5-15(19)13-21-16-6-2-1-3-7-16/h1-3,6-7,11-12,15H,4-5,8-10,13H2/t15-/m0/s1. The van der Waals surface area contributed by atoms with Crippen molar-refractivity contribution in [3.63, 3.8) is 0 Å². The van der Waals surface area contributed by atoms with E-state index in [1.165, 1.54) is 12.8 Å². The van der Waals surface area contributed by atoms with Gasteiger partial charge in [0, 0.05) is 18.8 Å². The van der Waals surface area contributed by atoms with Gasteiger partial charge in [-0.2, -0.15) is 5.10 Å². The van der Waals surface area contributed by atoms with E-state index >= 15 is 0 Å². The number of halogens is 1. The fourth-order valence-electron chi connectivity index (χ4n) is 2.78. The molecular formula is C16H20ClN3O. The van der Waals surface area contributed by atoms with Crippen LogP contribution in [0.4, 0.5) is 0 Å². The van der Waals surface area contributed by atoms with Crippen LogP contribution in [0, 0.1) is 0 Å². The average molecular weight is 306 g/mol. The highest BCUT2D eigenvalue weighted by Gasteiger charge is 2.24. The summed E-state index contributed by atoms with van der Waals surface area (Å²) in [5.41, 5.74) is 0. The van der Waals surface area contributed by atoms with Crippen LogP contribution in [-0.4, -0.2) is 40.4 Å². The van der Waals surface area contributed by atoms with E-state index in [0.717, 1.165) is 32.0 Å². The summed E-state index contributed by atoms with van der Waals surface area (Å²) in [6.07, 6.45) is 5.99. The summed E-state index contributed by atoms with van der Waals surface area (Å²) >= 11 is 5.89. The van der Waals surface area contributed by atoms with E-state index in [1.54, 1.807) is 6.20 Å². The van der Waals surface area contributed by atoms with Gasteiger partial charge in [0.1, 0.15) is 12.4 Å². The van der Waals surface area contributed by atoms with Crippen molar-refractivity contribution in [3.05, 3.63) is 47.7 Å². The Labute approximate surface area is 130 Å². The third-order valence-corrected chi connectivity index (χ3v) is 4.10. The molecule has 3 rings (SSSR count). The summed E-state index contributed by atoms with van der Waals surface area (Å²) in [5.74, 6) is 0.947. The van der Waals surface area contributed by atoms with Gasteiger partial charge in [-0.15, -0.1) is 0 Å². The quantitative estimate of drug-likeness (QED) is 0.821. The molecular weight excluding hydrogens is 286 g/mol. The molecule has 1 aromatic carbocycles. The molecule has 2 heterocycles. The van der Waals surface area contributed by atoms with Crippen LogP contribution in [0.1, 0.15) is 12.8 Å². The van der Waals surface area contributed by atoms with Crippen molar-refractivity contribution >= 4 is 11.6 Å². The fourth-order valence-corrected chi connectivity index (χ4v) is 2.94. The maximum atomic E-state index is 5.89. The third kappa shape index (κ3) is 3.99. The van der Waals surface area contributed by atoms with Crippen LogP contribution >= 0.6 is 11.6 Å². The number of benzene rings is 1. The number of nitrogens with zero attached hydrogens (tertiary/aromatic N) is 3. The van der Waals surface area contributed by atoms with Crippen molar-refractivity contribution in [3.8, 4) is 5.75 Å². The van der Waals surface area contributed by atoms with Crippen LogP contribution in [0.15, 0.2) is 42.7 Å². The van der Waals surface area contributed by atoms with E-state index in [-0.39, 0.29) is 0 Å². The largest absolute Gasteiger partial charge is 0.492 e. The van der Waals surface area contributed by atoms with Gasteiger partial charge in [0.15, 0.2) is 0 Å². The van der Waals surface area contributed by atoms with E-state index in [4.69, 9.17) is 16.3 Å². The number of likely N-dealkylation sites (tertiary alicyclic amines) is 1. The third-order valence-electron chi connectivity index (χ3n) is 3.90. The second-order valence-electron chi connectivity index (χ2n) is 5.38. The van der Waals surface area contributed by atoms with Gasteiger partial charge in [0.05, 0.1) is 17.8 Å². The molecule has 1 atom stereocenters. The Bertz CT molecular complexity index is 558. The Kier molecular flexibility index (Phi) is 4.78. The lowest BCUT2D eigenvalue weighted by molar-refractivity contribution is 0.167. The second-order valence-corrected chi connectivity index (χ2v) is 5.81. The molecule has 1 aliphatic heterocycles. The van der Waals surface area contributed by atoms with E-state index in [1.807, 2.05) is 41.2 Å². The maximum Gasteiger partial charge on any atom is 0.119 e. The van der Waals surface area contributed by atoms with E-state index in [0.29, 0.717) is 11.1 Å². The molecule has 1 aliphatic rings. The van der Waals surface area contributed by atoms with Gasteiger partial charge in [-0.25, -0.2) is 0 Å². The minimum absolute atomic E-state index is 0.497. The van der Waals surface area contributed by atoms with Crippen molar-refractivity contribution in [2.24, 2.45) is 0 Å².